The number of nitrogens with one attached hydrogen (secondary N) is 1. The van der Waals surface area contributed by atoms with Gasteiger partial charge in [-0.2, -0.15) is 0 Å². The fraction of sp³-hybridized carbons (Fsp3) is 0.667. The summed E-state index contributed by atoms with van der Waals surface area (Å²) in [7, 11) is 0. The maximum absolute atomic E-state index is 11.4. The van der Waals surface area contributed by atoms with Crippen molar-refractivity contribution >= 4 is 5.78 Å². The third kappa shape index (κ3) is 1.23. The predicted molar refractivity (Wildman–Crippen MR) is 43.3 cm³/mol. The van der Waals surface area contributed by atoms with E-state index >= 15 is 0 Å². The molecule has 0 aromatic rings. The van der Waals surface area contributed by atoms with Gasteiger partial charge in [-0.05, 0) is 25.0 Å². The largest absolute Gasteiger partial charge is 0.313 e. The molecule has 0 spiro atoms. The summed E-state index contributed by atoms with van der Waals surface area (Å²) in [5, 5.41) is 3.28. The molecule has 1 unspecified atom stereocenters. The summed E-state index contributed by atoms with van der Waals surface area (Å²) in [6.45, 7) is 1.95. The van der Waals surface area contributed by atoms with Gasteiger partial charge in [0.2, 0.25) is 0 Å². The van der Waals surface area contributed by atoms with E-state index in [1.54, 1.807) is 0 Å². The van der Waals surface area contributed by atoms with E-state index < -0.39 is 0 Å². The van der Waals surface area contributed by atoms with Gasteiger partial charge in [0.25, 0.3) is 0 Å². The van der Waals surface area contributed by atoms with E-state index in [4.69, 9.17) is 0 Å². The highest BCUT2D eigenvalue weighted by Crippen LogP contribution is 2.25. The molecular weight excluding hydrogens is 138 g/mol. The van der Waals surface area contributed by atoms with Crippen LogP contribution < -0.4 is 5.32 Å². The minimum Gasteiger partial charge on any atom is -0.313 e. The van der Waals surface area contributed by atoms with Gasteiger partial charge >= 0.3 is 0 Å². The van der Waals surface area contributed by atoms with Crippen LogP contribution in [0.3, 0.4) is 0 Å². The fourth-order valence-electron chi connectivity index (χ4n) is 1.94. The van der Waals surface area contributed by atoms with Gasteiger partial charge in [-0.15, -0.1) is 0 Å². The number of ketones is 1. The van der Waals surface area contributed by atoms with Crippen molar-refractivity contribution in [1.29, 1.82) is 0 Å². The topological polar surface area (TPSA) is 29.1 Å². The van der Waals surface area contributed by atoms with Crippen LogP contribution in [0, 0.1) is 5.92 Å². The third-order valence-corrected chi connectivity index (χ3v) is 2.57. The number of carbonyl (C=O) groups is 1. The van der Waals surface area contributed by atoms with Crippen molar-refractivity contribution in [2.45, 2.75) is 19.3 Å². The molecular formula is C9H13NO. The molecule has 0 aromatic heterocycles. The molecule has 2 heteroatoms. The lowest BCUT2D eigenvalue weighted by atomic mass is 9.82. The summed E-state index contributed by atoms with van der Waals surface area (Å²) in [5.74, 6) is 0.744. The lowest BCUT2D eigenvalue weighted by Crippen LogP contribution is -2.35. The number of hydrogen-bond donors (Lipinski definition) is 1. The monoisotopic (exact) mass is 151 g/mol. The van der Waals surface area contributed by atoms with E-state index in [2.05, 4.69) is 11.4 Å². The maximum Gasteiger partial charge on any atom is 0.140 e. The number of rotatable bonds is 0. The van der Waals surface area contributed by atoms with Crippen LogP contribution in [0.15, 0.2) is 11.6 Å². The van der Waals surface area contributed by atoms with E-state index in [0.717, 1.165) is 32.4 Å². The number of hydrogen-bond acceptors (Lipinski definition) is 2. The highest BCUT2D eigenvalue weighted by Gasteiger charge is 2.27. The average molecular weight is 151 g/mol. The van der Waals surface area contributed by atoms with Crippen LogP contribution in [-0.2, 0) is 4.79 Å². The van der Waals surface area contributed by atoms with Crippen LogP contribution in [0.5, 0.6) is 0 Å². The lowest BCUT2D eigenvalue weighted by Gasteiger charge is -2.27. The quantitative estimate of drug-likeness (QED) is 0.521. The zero-order valence-electron chi connectivity index (χ0n) is 6.60. The first kappa shape index (κ1) is 7.04. The number of Topliss-reactive ketones (excluding diaryl/α,β-unsaturated/α-hetero) is 1. The molecule has 60 valence electrons. The van der Waals surface area contributed by atoms with E-state index in [1.165, 1.54) is 5.57 Å². The Bertz CT molecular complexity index is 208. The van der Waals surface area contributed by atoms with Gasteiger partial charge in [0.15, 0.2) is 0 Å². The molecule has 0 bridgehead atoms. The van der Waals surface area contributed by atoms with Crippen molar-refractivity contribution < 1.29 is 4.79 Å². The molecule has 1 fully saturated rings. The summed E-state index contributed by atoms with van der Waals surface area (Å²) < 4.78 is 0. The zero-order chi connectivity index (χ0) is 7.68. The molecule has 0 radical (unpaired) electrons. The SMILES string of the molecule is O=C1CCC=C2CNCCC12. The molecule has 1 heterocycles. The normalized spacial score (nSPS) is 31.1. The number of fused-ring (bicyclic) bond motifs is 1. The van der Waals surface area contributed by atoms with Gasteiger partial charge in [-0.3, -0.25) is 4.79 Å². The second-order valence-electron chi connectivity index (χ2n) is 3.30. The maximum atomic E-state index is 11.4. The highest BCUT2D eigenvalue weighted by atomic mass is 16.1. The van der Waals surface area contributed by atoms with Gasteiger partial charge < -0.3 is 5.32 Å². The Morgan fingerprint density at radius 2 is 2.45 bits per heavy atom. The molecule has 2 aliphatic rings. The van der Waals surface area contributed by atoms with Gasteiger partial charge in [-0.25, -0.2) is 0 Å². The smallest absolute Gasteiger partial charge is 0.140 e. The van der Waals surface area contributed by atoms with Crippen LogP contribution in [-0.4, -0.2) is 18.9 Å². The van der Waals surface area contributed by atoms with E-state index in [1.807, 2.05) is 0 Å². The van der Waals surface area contributed by atoms with Crippen LogP contribution in [0.4, 0.5) is 0 Å². The molecule has 2 rings (SSSR count). The Hall–Kier alpha value is -0.630. The average Bonchev–Trinajstić information content (AvgIpc) is 2.06. The molecule has 11 heavy (non-hydrogen) atoms. The van der Waals surface area contributed by atoms with E-state index in [9.17, 15) is 4.79 Å². The Balaban J connectivity index is 2.19. The van der Waals surface area contributed by atoms with Gasteiger partial charge in [0, 0.05) is 18.9 Å². The van der Waals surface area contributed by atoms with Crippen molar-refractivity contribution in [3.05, 3.63) is 11.6 Å². The number of carbonyl (C=O) groups excluding carboxylic acids is 1. The first-order valence-electron chi connectivity index (χ1n) is 4.30. The van der Waals surface area contributed by atoms with Crippen molar-refractivity contribution in [2.75, 3.05) is 13.1 Å². The van der Waals surface area contributed by atoms with Crippen molar-refractivity contribution in [3.8, 4) is 0 Å². The molecule has 0 saturated carbocycles. The van der Waals surface area contributed by atoms with Crippen molar-refractivity contribution in [1.82, 2.24) is 5.32 Å². The minimum absolute atomic E-state index is 0.282. The summed E-state index contributed by atoms with van der Waals surface area (Å²) in [5.41, 5.74) is 1.34. The van der Waals surface area contributed by atoms with Crippen LogP contribution in [0.1, 0.15) is 19.3 Å². The standard InChI is InChI=1S/C9H13NO/c11-9-3-1-2-7-6-10-5-4-8(7)9/h2,8,10H,1,3-6H2. The number of allylic oxidation sites excluding steroid dienone is 1. The molecule has 0 amide bonds. The summed E-state index contributed by atoms with van der Waals surface area (Å²) in [6.07, 6.45) is 4.99. The van der Waals surface area contributed by atoms with E-state index in [0.29, 0.717) is 5.78 Å². The Labute approximate surface area is 66.7 Å². The first-order valence-corrected chi connectivity index (χ1v) is 4.30. The second kappa shape index (κ2) is 2.78. The predicted octanol–water partition coefficient (Wildman–Crippen LogP) is 0.885. The van der Waals surface area contributed by atoms with Gasteiger partial charge in [-0.1, -0.05) is 6.08 Å². The fourth-order valence-corrected chi connectivity index (χ4v) is 1.94. The Morgan fingerprint density at radius 3 is 3.27 bits per heavy atom. The van der Waals surface area contributed by atoms with Crippen molar-refractivity contribution in [2.24, 2.45) is 5.92 Å². The minimum atomic E-state index is 0.282. The summed E-state index contributed by atoms with van der Waals surface area (Å²) >= 11 is 0. The zero-order valence-corrected chi connectivity index (χ0v) is 6.60. The van der Waals surface area contributed by atoms with Gasteiger partial charge in [0.05, 0.1) is 0 Å². The summed E-state index contributed by atoms with van der Waals surface area (Å²) in [4.78, 5) is 11.4. The summed E-state index contributed by atoms with van der Waals surface area (Å²) in [6, 6.07) is 0. The molecule has 1 saturated heterocycles. The molecule has 1 N–H and O–H groups in total. The van der Waals surface area contributed by atoms with Crippen LogP contribution in [0.2, 0.25) is 0 Å². The van der Waals surface area contributed by atoms with Gasteiger partial charge in [0.1, 0.15) is 5.78 Å². The Morgan fingerprint density at radius 1 is 1.55 bits per heavy atom. The molecule has 1 aliphatic heterocycles. The van der Waals surface area contributed by atoms with Crippen molar-refractivity contribution in [3.63, 3.8) is 0 Å². The number of piperidine rings is 1. The molecule has 0 aromatic carbocycles. The molecule has 1 aliphatic carbocycles. The molecule has 1 atom stereocenters. The second-order valence-corrected chi connectivity index (χ2v) is 3.30. The van der Waals surface area contributed by atoms with E-state index in [-0.39, 0.29) is 5.92 Å². The third-order valence-electron chi connectivity index (χ3n) is 2.57. The van der Waals surface area contributed by atoms with Crippen LogP contribution in [0.25, 0.3) is 0 Å². The van der Waals surface area contributed by atoms with Crippen LogP contribution >= 0.6 is 0 Å². The highest BCUT2D eigenvalue weighted by molar-refractivity contribution is 5.85. The lowest BCUT2D eigenvalue weighted by molar-refractivity contribution is -0.122. The Kier molecular flexibility index (Phi) is 1.78. The first-order chi connectivity index (χ1) is 5.38. The molecule has 2 nitrogen and oxygen atoms in total.